The molecule has 0 fully saturated rings. The van der Waals surface area contributed by atoms with Crippen molar-refractivity contribution in [3.63, 3.8) is 0 Å². The molecule has 0 aliphatic carbocycles. The number of benzene rings is 3. The summed E-state index contributed by atoms with van der Waals surface area (Å²) >= 11 is 9.54. The number of nitrogens with zero attached hydrogens (tertiary/aromatic N) is 1. The highest BCUT2D eigenvalue weighted by atomic mass is 79.9. The second-order valence-electron chi connectivity index (χ2n) is 7.40. The topological polar surface area (TPSA) is 107 Å². The number of methoxy groups -OCH3 is 2. The minimum atomic E-state index is -0.959. The lowest BCUT2D eigenvalue weighted by Crippen LogP contribution is -2.32. The van der Waals surface area contributed by atoms with Gasteiger partial charge in [-0.1, -0.05) is 23.7 Å². The van der Waals surface area contributed by atoms with E-state index in [9.17, 15) is 9.59 Å². The van der Waals surface area contributed by atoms with Crippen LogP contribution in [0.2, 0.25) is 5.02 Å². The number of hydrazone groups is 1. The fourth-order valence-electron chi connectivity index (χ4n) is 3.14. The molecule has 0 radical (unpaired) electrons. The standard InChI is InChI=1S/C26H25BrClN3O6/c1-4-36-23-12-17(11-20(27)24(23)37-15-16-6-5-7-18(28)10-16)14-29-31-26(33)25(32)30-21-9-8-19(34-2)13-22(21)35-3/h5-14H,4,15H2,1-3H3,(H,30,32)(H,31,33)/b29-14+. The van der Waals surface area contributed by atoms with E-state index in [0.29, 0.717) is 50.4 Å². The normalized spacial score (nSPS) is 10.6. The Morgan fingerprint density at radius 2 is 1.81 bits per heavy atom. The molecule has 0 aromatic heterocycles. The molecular formula is C26H25BrClN3O6. The molecule has 0 bridgehead atoms. The summed E-state index contributed by atoms with van der Waals surface area (Å²) in [5.41, 5.74) is 4.02. The highest BCUT2D eigenvalue weighted by Gasteiger charge is 2.16. The third kappa shape index (κ3) is 7.86. The molecule has 0 unspecified atom stereocenters. The highest BCUT2D eigenvalue weighted by Crippen LogP contribution is 2.37. The monoisotopic (exact) mass is 589 g/mol. The Morgan fingerprint density at radius 1 is 1.00 bits per heavy atom. The summed E-state index contributed by atoms with van der Waals surface area (Å²) in [5, 5.41) is 6.98. The number of carbonyl (C=O) groups is 2. The van der Waals surface area contributed by atoms with Crippen molar-refractivity contribution in [2.45, 2.75) is 13.5 Å². The molecule has 9 nitrogen and oxygen atoms in total. The number of anilines is 1. The van der Waals surface area contributed by atoms with Gasteiger partial charge in [-0.25, -0.2) is 5.43 Å². The van der Waals surface area contributed by atoms with Gasteiger partial charge in [-0.15, -0.1) is 0 Å². The molecule has 3 aromatic carbocycles. The summed E-state index contributed by atoms with van der Waals surface area (Å²) in [4.78, 5) is 24.5. The molecule has 3 aromatic rings. The average molecular weight is 591 g/mol. The minimum absolute atomic E-state index is 0.289. The Balaban J connectivity index is 1.66. The summed E-state index contributed by atoms with van der Waals surface area (Å²) in [6, 6.07) is 15.6. The zero-order valence-electron chi connectivity index (χ0n) is 20.3. The maximum atomic E-state index is 12.3. The van der Waals surface area contributed by atoms with Crippen LogP contribution < -0.4 is 29.7 Å². The van der Waals surface area contributed by atoms with Crippen molar-refractivity contribution in [1.82, 2.24) is 5.43 Å². The van der Waals surface area contributed by atoms with E-state index in [2.05, 4.69) is 31.8 Å². The Kier molecular flexibility index (Phi) is 10.2. The van der Waals surface area contributed by atoms with Gasteiger partial charge >= 0.3 is 11.8 Å². The Morgan fingerprint density at radius 3 is 2.51 bits per heavy atom. The van der Waals surface area contributed by atoms with Gasteiger partial charge in [0.25, 0.3) is 0 Å². The summed E-state index contributed by atoms with van der Waals surface area (Å²) in [5.74, 6) is 0.00505. The minimum Gasteiger partial charge on any atom is -0.497 e. The SMILES string of the molecule is CCOc1cc(/C=N/NC(=O)C(=O)Nc2ccc(OC)cc2OC)cc(Br)c1OCc1cccc(Cl)c1. The molecule has 37 heavy (non-hydrogen) atoms. The Labute approximate surface area is 227 Å². The van der Waals surface area contributed by atoms with E-state index in [-0.39, 0.29) is 6.61 Å². The van der Waals surface area contributed by atoms with Crippen molar-refractivity contribution in [3.8, 4) is 23.0 Å². The molecule has 0 saturated carbocycles. The third-order valence-electron chi connectivity index (χ3n) is 4.85. The molecule has 0 spiro atoms. The molecule has 0 aliphatic rings. The molecule has 2 N–H and O–H groups in total. The quantitative estimate of drug-likeness (QED) is 0.191. The van der Waals surface area contributed by atoms with Gasteiger partial charge in [0.05, 0.1) is 37.2 Å². The van der Waals surface area contributed by atoms with Crippen LogP contribution in [0.1, 0.15) is 18.1 Å². The largest absolute Gasteiger partial charge is 0.497 e. The van der Waals surface area contributed by atoms with Crippen LogP contribution in [0.3, 0.4) is 0 Å². The van der Waals surface area contributed by atoms with Gasteiger partial charge in [0.1, 0.15) is 18.1 Å². The van der Waals surface area contributed by atoms with Crippen molar-refractivity contribution < 1.29 is 28.5 Å². The molecule has 0 atom stereocenters. The predicted molar refractivity (Wildman–Crippen MR) is 145 cm³/mol. The number of rotatable bonds is 10. The number of amides is 2. The van der Waals surface area contributed by atoms with Crippen molar-refractivity contribution in [3.05, 3.63) is 75.2 Å². The number of hydrogen-bond donors (Lipinski definition) is 2. The van der Waals surface area contributed by atoms with Gasteiger partial charge in [-0.05, 0) is 70.4 Å². The zero-order chi connectivity index (χ0) is 26.8. The molecule has 0 aliphatic heterocycles. The van der Waals surface area contributed by atoms with Crippen LogP contribution in [0.4, 0.5) is 5.69 Å². The van der Waals surface area contributed by atoms with E-state index in [1.807, 2.05) is 25.1 Å². The summed E-state index contributed by atoms with van der Waals surface area (Å²) in [6.07, 6.45) is 1.38. The van der Waals surface area contributed by atoms with Gasteiger partial charge in [0.2, 0.25) is 0 Å². The van der Waals surface area contributed by atoms with Crippen molar-refractivity contribution >= 4 is 51.2 Å². The molecule has 2 amide bonds. The number of halogens is 2. The Hall–Kier alpha value is -3.76. The van der Waals surface area contributed by atoms with E-state index in [0.717, 1.165) is 5.56 Å². The van der Waals surface area contributed by atoms with Crippen LogP contribution in [0.5, 0.6) is 23.0 Å². The van der Waals surface area contributed by atoms with E-state index in [1.165, 1.54) is 20.4 Å². The first-order chi connectivity index (χ1) is 17.8. The maximum absolute atomic E-state index is 12.3. The van der Waals surface area contributed by atoms with Crippen molar-refractivity contribution in [2.75, 3.05) is 26.1 Å². The number of ether oxygens (including phenoxy) is 4. The molecule has 0 heterocycles. The molecule has 0 saturated heterocycles. The second-order valence-corrected chi connectivity index (χ2v) is 8.69. The van der Waals surface area contributed by atoms with Crippen LogP contribution in [0.25, 0.3) is 0 Å². The second kappa shape index (κ2) is 13.5. The molecule has 11 heteroatoms. The fourth-order valence-corrected chi connectivity index (χ4v) is 3.93. The summed E-state index contributed by atoms with van der Waals surface area (Å²) in [7, 11) is 2.95. The predicted octanol–water partition coefficient (Wildman–Crippen LogP) is 5.19. The summed E-state index contributed by atoms with van der Waals surface area (Å²) < 4.78 is 22.7. The lowest BCUT2D eigenvalue weighted by molar-refractivity contribution is -0.136. The van der Waals surface area contributed by atoms with E-state index in [4.69, 9.17) is 30.5 Å². The average Bonchev–Trinajstić information content (AvgIpc) is 2.88. The van der Waals surface area contributed by atoms with Gasteiger partial charge in [0.15, 0.2) is 11.5 Å². The lowest BCUT2D eigenvalue weighted by atomic mass is 10.2. The van der Waals surface area contributed by atoms with Crippen LogP contribution in [-0.4, -0.2) is 38.9 Å². The van der Waals surface area contributed by atoms with Gasteiger partial charge in [-0.3, -0.25) is 9.59 Å². The van der Waals surface area contributed by atoms with Crippen LogP contribution in [0, 0.1) is 0 Å². The molecule has 194 valence electrons. The fraction of sp³-hybridized carbons (Fsp3) is 0.192. The smallest absolute Gasteiger partial charge is 0.329 e. The van der Waals surface area contributed by atoms with E-state index in [1.54, 1.807) is 36.4 Å². The summed E-state index contributed by atoms with van der Waals surface area (Å²) in [6.45, 7) is 2.55. The van der Waals surface area contributed by atoms with E-state index < -0.39 is 11.8 Å². The van der Waals surface area contributed by atoms with Crippen LogP contribution in [0.15, 0.2) is 64.2 Å². The number of carbonyl (C=O) groups excluding carboxylic acids is 2. The van der Waals surface area contributed by atoms with Gasteiger partial charge < -0.3 is 24.3 Å². The number of nitrogens with one attached hydrogen (secondary N) is 2. The molecule has 3 rings (SSSR count). The highest BCUT2D eigenvalue weighted by molar-refractivity contribution is 9.10. The molecular weight excluding hydrogens is 566 g/mol. The van der Waals surface area contributed by atoms with E-state index >= 15 is 0 Å². The first-order valence-electron chi connectivity index (χ1n) is 11.0. The maximum Gasteiger partial charge on any atom is 0.329 e. The van der Waals surface area contributed by atoms with Crippen LogP contribution in [-0.2, 0) is 16.2 Å². The van der Waals surface area contributed by atoms with Crippen LogP contribution >= 0.6 is 27.5 Å². The van der Waals surface area contributed by atoms with Crippen molar-refractivity contribution in [1.29, 1.82) is 0 Å². The van der Waals surface area contributed by atoms with Gasteiger partial charge in [-0.2, -0.15) is 5.10 Å². The lowest BCUT2D eigenvalue weighted by Gasteiger charge is -2.15. The zero-order valence-corrected chi connectivity index (χ0v) is 22.7. The first kappa shape index (κ1) is 27.8. The van der Waals surface area contributed by atoms with Crippen molar-refractivity contribution in [2.24, 2.45) is 5.10 Å². The Bertz CT molecular complexity index is 1300. The third-order valence-corrected chi connectivity index (χ3v) is 5.67. The van der Waals surface area contributed by atoms with Gasteiger partial charge in [0, 0.05) is 11.1 Å². The first-order valence-corrected chi connectivity index (χ1v) is 12.2. The number of hydrogen-bond acceptors (Lipinski definition) is 7.